The molecular formula is C9H16N2O. The Morgan fingerprint density at radius 1 is 1.25 bits per heavy atom. The summed E-state index contributed by atoms with van der Waals surface area (Å²) in [6.45, 7) is 3.39. The number of nitrogens with zero attached hydrogens (tertiary/aromatic N) is 1. The number of fused-ring (bicyclic) bond motifs is 3. The Bertz CT molecular complexity index is 165. The number of hydrogen-bond acceptors (Lipinski definition) is 3. The molecule has 0 aliphatic carbocycles. The van der Waals surface area contributed by atoms with Gasteiger partial charge in [0.25, 0.3) is 0 Å². The van der Waals surface area contributed by atoms with Crippen LogP contribution in [0, 0.1) is 0 Å². The summed E-state index contributed by atoms with van der Waals surface area (Å²) in [4.78, 5) is 2.61. The van der Waals surface area contributed by atoms with Crippen LogP contribution in [0.2, 0.25) is 0 Å². The summed E-state index contributed by atoms with van der Waals surface area (Å²) in [6.07, 6.45) is 5.03. The van der Waals surface area contributed by atoms with Crippen LogP contribution in [0.1, 0.15) is 19.3 Å². The summed E-state index contributed by atoms with van der Waals surface area (Å²) in [5.74, 6) is 0. The number of piperidine rings is 1. The molecule has 3 nitrogen and oxygen atoms in total. The van der Waals surface area contributed by atoms with Gasteiger partial charge < -0.3 is 10.1 Å². The van der Waals surface area contributed by atoms with Crippen LogP contribution < -0.4 is 5.32 Å². The molecule has 3 saturated heterocycles. The lowest BCUT2D eigenvalue weighted by molar-refractivity contribution is 0.0109. The van der Waals surface area contributed by atoms with E-state index in [1.807, 2.05) is 0 Å². The van der Waals surface area contributed by atoms with Gasteiger partial charge in [0.05, 0.1) is 12.3 Å². The van der Waals surface area contributed by atoms with Gasteiger partial charge in [-0.05, 0) is 19.3 Å². The van der Waals surface area contributed by atoms with Crippen LogP contribution in [0.4, 0.5) is 0 Å². The summed E-state index contributed by atoms with van der Waals surface area (Å²) in [5, 5.41) is 3.54. The van der Waals surface area contributed by atoms with Gasteiger partial charge in [-0.2, -0.15) is 0 Å². The summed E-state index contributed by atoms with van der Waals surface area (Å²) in [6, 6.07) is 0.735. The average Bonchev–Trinajstić information content (AvgIpc) is 2.71. The zero-order chi connectivity index (χ0) is 7.97. The molecular weight excluding hydrogens is 152 g/mol. The highest BCUT2D eigenvalue weighted by atomic mass is 16.5. The molecule has 0 bridgehead atoms. The zero-order valence-corrected chi connectivity index (χ0v) is 7.33. The van der Waals surface area contributed by atoms with Gasteiger partial charge in [-0.15, -0.1) is 0 Å². The second-order valence-corrected chi connectivity index (χ2v) is 4.05. The quantitative estimate of drug-likeness (QED) is 0.558. The first kappa shape index (κ1) is 7.30. The van der Waals surface area contributed by atoms with Gasteiger partial charge in [0.2, 0.25) is 0 Å². The molecule has 3 rings (SSSR count). The van der Waals surface area contributed by atoms with E-state index in [-0.39, 0.29) is 0 Å². The largest absolute Gasteiger partial charge is 0.377 e. The Morgan fingerprint density at radius 3 is 3.25 bits per heavy atom. The van der Waals surface area contributed by atoms with Crippen LogP contribution in [-0.4, -0.2) is 42.9 Å². The van der Waals surface area contributed by atoms with Gasteiger partial charge in [0.1, 0.15) is 0 Å². The van der Waals surface area contributed by atoms with Crippen LogP contribution in [0.15, 0.2) is 0 Å². The summed E-state index contributed by atoms with van der Waals surface area (Å²) in [7, 11) is 0. The second-order valence-electron chi connectivity index (χ2n) is 4.05. The molecule has 3 heterocycles. The Morgan fingerprint density at radius 2 is 2.25 bits per heavy atom. The van der Waals surface area contributed by atoms with E-state index in [2.05, 4.69) is 10.2 Å². The van der Waals surface area contributed by atoms with E-state index in [9.17, 15) is 0 Å². The highest BCUT2D eigenvalue weighted by Gasteiger charge is 2.42. The fraction of sp³-hybridized carbons (Fsp3) is 1.00. The monoisotopic (exact) mass is 168 g/mol. The maximum atomic E-state index is 5.70. The molecule has 0 radical (unpaired) electrons. The lowest BCUT2D eigenvalue weighted by atomic mass is 9.97. The van der Waals surface area contributed by atoms with Gasteiger partial charge in [0.15, 0.2) is 0 Å². The van der Waals surface area contributed by atoms with Crippen molar-refractivity contribution in [2.24, 2.45) is 0 Å². The normalized spacial score (nSPS) is 47.5. The van der Waals surface area contributed by atoms with Crippen molar-refractivity contribution in [3.8, 4) is 0 Å². The van der Waals surface area contributed by atoms with Crippen molar-refractivity contribution in [1.82, 2.24) is 10.2 Å². The van der Waals surface area contributed by atoms with Crippen LogP contribution in [-0.2, 0) is 4.74 Å². The number of ether oxygens (including phenoxy) is 1. The van der Waals surface area contributed by atoms with E-state index >= 15 is 0 Å². The molecule has 12 heavy (non-hydrogen) atoms. The predicted molar refractivity (Wildman–Crippen MR) is 45.9 cm³/mol. The summed E-state index contributed by atoms with van der Waals surface area (Å²) < 4.78 is 5.70. The standard InChI is InChI=1S/C9H16N2O/c1-2-9-10-4-5-11(9)7-3-6-12-8(1)7/h7-10H,1-6H2. The third-order valence-electron chi connectivity index (χ3n) is 3.48. The van der Waals surface area contributed by atoms with Crippen LogP contribution in [0.25, 0.3) is 0 Å². The smallest absolute Gasteiger partial charge is 0.0732 e. The lowest BCUT2D eigenvalue weighted by Crippen LogP contribution is -2.50. The van der Waals surface area contributed by atoms with E-state index in [1.54, 1.807) is 0 Å². The molecule has 0 aromatic heterocycles. The van der Waals surface area contributed by atoms with E-state index in [4.69, 9.17) is 4.74 Å². The molecule has 0 aromatic carbocycles. The highest BCUT2D eigenvalue weighted by Crippen LogP contribution is 2.31. The third-order valence-corrected chi connectivity index (χ3v) is 3.48. The first-order valence-corrected chi connectivity index (χ1v) is 5.06. The van der Waals surface area contributed by atoms with Gasteiger partial charge in [-0.3, -0.25) is 4.90 Å². The first-order chi connectivity index (χ1) is 5.95. The van der Waals surface area contributed by atoms with Crippen molar-refractivity contribution in [2.45, 2.75) is 37.6 Å². The average molecular weight is 168 g/mol. The molecule has 3 unspecified atom stereocenters. The lowest BCUT2D eigenvalue weighted by Gasteiger charge is -2.38. The van der Waals surface area contributed by atoms with E-state index < -0.39 is 0 Å². The Hall–Kier alpha value is -0.120. The number of nitrogens with one attached hydrogen (secondary N) is 1. The first-order valence-electron chi connectivity index (χ1n) is 5.06. The van der Waals surface area contributed by atoms with Crippen molar-refractivity contribution in [3.05, 3.63) is 0 Å². The number of hydrogen-bond donors (Lipinski definition) is 1. The van der Waals surface area contributed by atoms with Crippen molar-refractivity contribution in [2.75, 3.05) is 19.7 Å². The maximum Gasteiger partial charge on any atom is 0.0732 e. The van der Waals surface area contributed by atoms with E-state index in [0.717, 1.165) is 12.6 Å². The van der Waals surface area contributed by atoms with Crippen LogP contribution in [0.3, 0.4) is 0 Å². The maximum absolute atomic E-state index is 5.70. The topological polar surface area (TPSA) is 24.5 Å². The SMILES string of the molecule is C1CN2C(CCC3OCCC32)N1. The third kappa shape index (κ3) is 0.934. The van der Waals surface area contributed by atoms with Crippen molar-refractivity contribution in [3.63, 3.8) is 0 Å². The van der Waals surface area contributed by atoms with Crippen molar-refractivity contribution >= 4 is 0 Å². The zero-order valence-electron chi connectivity index (χ0n) is 7.33. The van der Waals surface area contributed by atoms with Gasteiger partial charge >= 0.3 is 0 Å². The van der Waals surface area contributed by atoms with E-state index in [0.29, 0.717) is 12.3 Å². The molecule has 0 aromatic rings. The fourth-order valence-electron chi connectivity index (χ4n) is 2.91. The fourth-order valence-corrected chi connectivity index (χ4v) is 2.91. The molecule has 0 amide bonds. The molecule has 3 fully saturated rings. The molecule has 68 valence electrons. The number of rotatable bonds is 0. The Labute approximate surface area is 73.1 Å². The molecule has 3 atom stereocenters. The second kappa shape index (κ2) is 2.69. The summed E-state index contributed by atoms with van der Waals surface area (Å²) >= 11 is 0. The van der Waals surface area contributed by atoms with Crippen molar-refractivity contribution < 1.29 is 4.74 Å². The van der Waals surface area contributed by atoms with Crippen molar-refractivity contribution in [1.29, 1.82) is 0 Å². The molecule has 0 spiro atoms. The van der Waals surface area contributed by atoms with E-state index in [1.165, 1.54) is 32.4 Å². The Balaban J connectivity index is 1.81. The van der Waals surface area contributed by atoms with Crippen LogP contribution in [0.5, 0.6) is 0 Å². The molecule has 1 N–H and O–H groups in total. The summed E-state index contributed by atoms with van der Waals surface area (Å²) in [5.41, 5.74) is 0. The molecule has 0 saturated carbocycles. The molecule has 3 aliphatic heterocycles. The predicted octanol–water partition coefficient (Wildman–Crippen LogP) is 0.169. The Kier molecular flexibility index (Phi) is 1.63. The van der Waals surface area contributed by atoms with Crippen LogP contribution >= 0.6 is 0 Å². The molecule has 3 heteroatoms. The van der Waals surface area contributed by atoms with Gasteiger partial charge in [0, 0.05) is 25.7 Å². The van der Waals surface area contributed by atoms with Gasteiger partial charge in [-0.1, -0.05) is 0 Å². The molecule has 3 aliphatic rings. The minimum absolute atomic E-state index is 0.557. The minimum atomic E-state index is 0.557. The minimum Gasteiger partial charge on any atom is -0.377 e. The highest BCUT2D eigenvalue weighted by molar-refractivity contribution is 4.95. The van der Waals surface area contributed by atoms with Gasteiger partial charge in [-0.25, -0.2) is 0 Å².